The molecule has 0 aromatic heterocycles. The van der Waals surface area contributed by atoms with Crippen molar-refractivity contribution in [2.45, 2.75) is 32.2 Å². The summed E-state index contributed by atoms with van der Waals surface area (Å²) in [5, 5.41) is 3.43. The molecule has 1 aromatic rings. The minimum Gasteiger partial charge on any atom is -0.366 e. The maximum atomic E-state index is 10.9. The van der Waals surface area contributed by atoms with E-state index in [1.807, 2.05) is 12.1 Å². The highest BCUT2D eigenvalue weighted by molar-refractivity contribution is 5.92. The molecule has 0 bridgehead atoms. The smallest absolute Gasteiger partial charge is 0.248 e. The Morgan fingerprint density at radius 3 is 2.53 bits per heavy atom. The van der Waals surface area contributed by atoms with Gasteiger partial charge in [0.1, 0.15) is 0 Å². The number of amides is 1. The molecule has 1 aromatic carbocycles. The average Bonchev–Trinajstić information content (AvgIpc) is 2.27. The Kier molecular flexibility index (Phi) is 4.15. The van der Waals surface area contributed by atoms with Crippen LogP contribution in [0.2, 0.25) is 0 Å². The summed E-state index contributed by atoms with van der Waals surface area (Å²) in [6.45, 7) is 1.95. The van der Waals surface area contributed by atoms with E-state index in [-0.39, 0.29) is 5.91 Å². The van der Waals surface area contributed by atoms with Crippen molar-refractivity contribution in [2.24, 2.45) is 11.7 Å². The summed E-state index contributed by atoms with van der Waals surface area (Å²) in [5.41, 5.74) is 6.96. The van der Waals surface area contributed by atoms with Gasteiger partial charge >= 0.3 is 0 Å². The van der Waals surface area contributed by atoms with Gasteiger partial charge < -0.3 is 11.1 Å². The van der Waals surface area contributed by atoms with E-state index in [0.717, 1.165) is 19.0 Å². The van der Waals surface area contributed by atoms with Crippen LogP contribution in [0.15, 0.2) is 24.3 Å². The molecule has 17 heavy (non-hydrogen) atoms. The van der Waals surface area contributed by atoms with Gasteiger partial charge in [0, 0.05) is 12.1 Å². The Hall–Kier alpha value is -1.35. The number of primary amides is 1. The number of hydrogen-bond donors (Lipinski definition) is 2. The Balaban J connectivity index is 1.69. The van der Waals surface area contributed by atoms with Crippen LogP contribution in [0.1, 0.15) is 41.6 Å². The van der Waals surface area contributed by atoms with Crippen molar-refractivity contribution in [1.29, 1.82) is 0 Å². The molecule has 1 amide bonds. The van der Waals surface area contributed by atoms with Crippen molar-refractivity contribution in [1.82, 2.24) is 5.32 Å². The van der Waals surface area contributed by atoms with Crippen LogP contribution in [0.3, 0.4) is 0 Å². The van der Waals surface area contributed by atoms with Crippen molar-refractivity contribution in [2.75, 3.05) is 6.54 Å². The van der Waals surface area contributed by atoms with Gasteiger partial charge in [-0.25, -0.2) is 0 Å². The van der Waals surface area contributed by atoms with Gasteiger partial charge in [0.05, 0.1) is 0 Å². The Bertz CT molecular complexity index is 368. The first-order chi connectivity index (χ1) is 8.25. The van der Waals surface area contributed by atoms with Crippen LogP contribution in [0.5, 0.6) is 0 Å². The lowest BCUT2D eigenvalue weighted by Crippen LogP contribution is -2.21. The Morgan fingerprint density at radius 2 is 2.00 bits per heavy atom. The quantitative estimate of drug-likeness (QED) is 0.738. The molecule has 0 heterocycles. The molecule has 0 aliphatic heterocycles. The zero-order valence-electron chi connectivity index (χ0n) is 10.1. The van der Waals surface area contributed by atoms with Gasteiger partial charge in [-0.1, -0.05) is 31.4 Å². The molecule has 0 spiro atoms. The lowest BCUT2D eigenvalue weighted by atomic mass is 9.83. The van der Waals surface area contributed by atoms with E-state index in [1.165, 1.54) is 31.2 Å². The largest absolute Gasteiger partial charge is 0.366 e. The van der Waals surface area contributed by atoms with E-state index >= 15 is 0 Å². The molecule has 1 aliphatic rings. The standard InChI is InChI=1S/C14H20N2O/c15-14(17)13-6-4-12(5-7-13)10-16-9-8-11-2-1-3-11/h4-7,11,16H,1-3,8-10H2,(H2,15,17). The first-order valence-corrected chi connectivity index (χ1v) is 6.35. The van der Waals surface area contributed by atoms with E-state index in [0.29, 0.717) is 5.56 Å². The third-order valence-electron chi connectivity index (χ3n) is 3.52. The zero-order valence-corrected chi connectivity index (χ0v) is 10.1. The monoisotopic (exact) mass is 232 g/mol. The van der Waals surface area contributed by atoms with Crippen molar-refractivity contribution >= 4 is 5.91 Å². The number of benzene rings is 1. The second-order valence-corrected chi connectivity index (χ2v) is 4.82. The van der Waals surface area contributed by atoms with E-state index in [9.17, 15) is 4.79 Å². The first-order valence-electron chi connectivity index (χ1n) is 6.35. The molecule has 1 aliphatic carbocycles. The van der Waals surface area contributed by atoms with Crippen LogP contribution in [-0.2, 0) is 6.54 Å². The number of rotatable bonds is 6. The lowest BCUT2D eigenvalue weighted by molar-refractivity contribution is 0.100. The number of hydrogen-bond acceptors (Lipinski definition) is 2. The van der Waals surface area contributed by atoms with Crippen LogP contribution in [-0.4, -0.2) is 12.5 Å². The van der Waals surface area contributed by atoms with Gasteiger partial charge in [-0.2, -0.15) is 0 Å². The fraction of sp³-hybridized carbons (Fsp3) is 0.500. The van der Waals surface area contributed by atoms with E-state index in [2.05, 4.69) is 5.32 Å². The summed E-state index contributed by atoms with van der Waals surface area (Å²) >= 11 is 0. The van der Waals surface area contributed by atoms with Gasteiger partial charge in [0.15, 0.2) is 0 Å². The van der Waals surface area contributed by atoms with Gasteiger partial charge in [0.2, 0.25) is 5.91 Å². The van der Waals surface area contributed by atoms with E-state index < -0.39 is 0 Å². The van der Waals surface area contributed by atoms with Gasteiger partial charge in [-0.3, -0.25) is 4.79 Å². The molecule has 0 unspecified atom stereocenters. The van der Waals surface area contributed by atoms with Crippen LogP contribution in [0.25, 0.3) is 0 Å². The Labute approximate surface area is 102 Å². The van der Waals surface area contributed by atoms with E-state index in [1.54, 1.807) is 12.1 Å². The summed E-state index contributed by atoms with van der Waals surface area (Å²) < 4.78 is 0. The summed E-state index contributed by atoms with van der Waals surface area (Å²) in [4.78, 5) is 10.9. The van der Waals surface area contributed by atoms with Crippen LogP contribution >= 0.6 is 0 Å². The summed E-state index contributed by atoms with van der Waals surface area (Å²) in [6.07, 6.45) is 5.53. The van der Waals surface area contributed by atoms with Crippen molar-refractivity contribution in [3.05, 3.63) is 35.4 Å². The van der Waals surface area contributed by atoms with Crippen LogP contribution in [0, 0.1) is 5.92 Å². The molecule has 0 radical (unpaired) electrons. The second kappa shape index (κ2) is 5.82. The molecule has 2 rings (SSSR count). The van der Waals surface area contributed by atoms with Gasteiger partial charge in [-0.15, -0.1) is 0 Å². The second-order valence-electron chi connectivity index (χ2n) is 4.82. The summed E-state index contributed by atoms with van der Waals surface area (Å²) in [7, 11) is 0. The van der Waals surface area contributed by atoms with Crippen LogP contribution < -0.4 is 11.1 Å². The molecule has 0 atom stereocenters. The number of nitrogens with one attached hydrogen (secondary N) is 1. The maximum Gasteiger partial charge on any atom is 0.248 e. The van der Waals surface area contributed by atoms with Gasteiger partial charge in [0.25, 0.3) is 0 Å². The molecular formula is C14H20N2O. The minimum absolute atomic E-state index is 0.366. The summed E-state index contributed by atoms with van der Waals surface area (Å²) in [6, 6.07) is 7.48. The average molecular weight is 232 g/mol. The fourth-order valence-electron chi connectivity index (χ4n) is 2.11. The predicted octanol–water partition coefficient (Wildman–Crippen LogP) is 2.07. The molecule has 3 heteroatoms. The van der Waals surface area contributed by atoms with Gasteiger partial charge in [-0.05, 0) is 36.6 Å². The van der Waals surface area contributed by atoms with Crippen LogP contribution in [0.4, 0.5) is 0 Å². The molecule has 3 nitrogen and oxygen atoms in total. The van der Waals surface area contributed by atoms with E-state index in [4.69, 9.17) is 5.73 Å². The number of nitrogens with two attached hydrogens (primary N) is 1. The minimum atomic E-state index is -0.366. The maximum absolute atomic E-state index is 10.9. The zero-order chi connectivity index (χ0) is 12.1. The summed E-state index contributed by atoms with van der Waals surface area (Å²) in [5.74, 6) is 0.592. The highest BCUT2D eigenvalue weighted by Gasteiger charge is 2.15. The van der Waals surface area contributed by atoms with Crippen molar-refractivity contribution in [3.8, 4) is 0 Å². The highest BCUT2D eigenvalue weighted by Crippen LogP contribution is 2.28. The van der Waals surface area contributed by atoms with Crippen molar-refractivity contribution in [3.63, 3.8) is 0 Å². The van der Waals surface area contributed by atoms with Crippen molar-refractivity contribution < 1.29 is 4.79 Å². The lowest BCUT2D eigenvalue weighted by Gasteiger charge is -2.25. The molecule has 92 valence electrons. The molecule has 1 fully saturated rings. The fourth-order valence-corrected chi connectivity index (χ4v) is 2.11. The number of carbonyl (C=O) groups is 1. The Morgan fingerprint density at radius 1 is 1.29 bits per heavy atom. The molecule has 3 N–H and O–H groups in total. The molecular weight excluding hydrogens is 212 g/mol. The SMILES string of the molecule is NC(=O)c1ccc(CNCCC2CCC2)cc1. The predicted molar refractivity (Wildman–Crippen MR) is 68.6 cm³/mol. The first kappa shape index (κ1) is 12.1. The topological polar surface area (TPSA) is 55.1 Å². The highest BCUT2D eigenvalue weighted by atomic mass is 16.1. The number of carbonyl (C=O) groups excluding carboxylic acids is 1. The normalized spacial score (nSPS) is 15.5. The molecule has 1 saturated carbocycles. The molecule has 0 saturated heterocycles. The third kappa shape index (κ3) is 3.56. The third-order valence-corrected chi connectivity index (χ3v) is 3.52.